The van der Waals surface area contributed by atoms with E-state index in [1.54, 1.807) is 49.6 Å². The van der Waals surface area contributed by atoms with Gasteiger partial charge in [-0.3, -0.25) is 14.4 Å². The number of benzene rings is 2. The Morgan fingerprint density at radius 3 is 2.52 bits per heavy atom. The van der Waals surface area contributed by atoms with Gasteiger partial charge >= 0.3 is 11.8 Å². The number of anilines is 1. The van der Waals surface area contributed by atoms with Crippen molar-refractivity contribution in [1.29, 1.82) is 0 Å². The van der Waals surface area contributed by atoms with E-state index in [-0.39, 0.29) is 19.1 Å². The Morgan fingerprint density at radius 1 is 0.970 bits per heavy atom. The highest BCUT2D eigenvalue weighted by Gasteiger charge is 2.12. The van der Waals surface area contributed by atoms with Crippen LogP contribution in [-0.4, -0.2) is 65.0 Å². The number of nitrogens with zero attached hydrogens (tertiary/aromatic N) is 1. The molecular formula is C22H26N4O7. The Morgan fingerprint density at radius 2 is 1.79 bits per heavy atom. The summed E-state index contributed by atoms with van der Waals surface area (Å²) in [6.07, 6.45) is 1.34. The molecule has 2 aromatic carbocycles. The van der Waals surface area contributed by atoms with Crippen LogP contribution in [0.5, 0.6) is 17.2 Å². The summed E-state index contributed by atoms with van der Waals surface area (Å²) >= 11 is 0. The van der Waals surface area contributed by atoms with Crippen LogP contribution in [-0.2, 0) is 19.1 Å². The van der Waals surface area contributed by atoms with E-state index in [9.17, 15) is 14.4 Å². The summed E-state index contributed by atoms with van der Waals surface area (Å²) in [6.45, 7) is 0.261. The average molecular weight is 458 g/mol. The van der Waals surface area contributed by atoms with Gasteiger partial charge in [0.2, 0.25) is 0 Å². The fraction of sp³-hybridized carbons (Fsp3) is 0.273. The third-order valence-electron chi connectivity index (χ3n) is 4.08. The van der Waals surface area contributed by atoms with Gasteiger partial charge in [-0.05, 0) is 35.9 Å². The van der Waals surface area contributed by atoms with Crippen molar-refractivity contribution >= 4 is 29.6 Å². The van der Waals surface area contributed by atoms with Crippen LogP contribution in [0, 0.1) is 0 Å². The lowest BCUT2D eigenvalue weighted by atomic mass is 10.2. The molecule has 3 amide bonds. The molecule has 0 bridgehead atoms. The number of carbonyl (C=O) groups excluding carboxylic acids is 3. The number of hydrazone groups is 1. The van der Waals surface area contributed by atoms with Gasteiger partial charge in [0.15, 0.2) is 18.1 Å². The predicted octanol–water partition coefficient (Wildman–Crippen LogP) is 0.934. The molecule has 0 unspecified atom stereocenters. The first-order valence-corrected chi connectivity index (χ1v) is 9.81. The normalized spacial score (nSPS) is 10.4. The first-order chi connectivity index (χ1) is 16.0. The van der Waals surface area contributed by atoms with Crippen LogP contribution >= 0.6 is 0 Å². The summed E-state index contributed by atoms with van der Waals surface area (Å²) in [4.78, 5) is 35.4. The Balaban J connectivity index is 1.89. The van der Waals surface area contributed by atoms with E-state index in [4.69, 9.17) is 18.9 Å². The molecule has 0 aromatic heterocycles. The number of ether oxygens (including phenoxy) is 4. The van der Waals surface area contributed by atoms with Crippen molar-refractivity contribution in [3.8, 4) is 17.2 Å². The second-order valence-electron chi connectivity index (χ2n) is 6.43. The van der Waals surface area contributed by atoms with Crippen molar-refractivity contribution in [2.45, 2.75) is 0 Å². The van der Waals surface area contributed by atoms with Gasteiger partial charge < -0.3 is 29.6 Å². The summed E-state index contributed by atoms with van der Waals surface area (Å²) < 4.78 is 20.7. The molecule has 0 atom stereocenters. The average Bonchev–Trinajstić information content (AvgIpc) is 2.83. The first-order valence-electron chi connectivity index (χ1n) is 9.81. The molecule has 3 N–H and O–H groups in total. The molecule has 0 radical (unpaired) electrons. The number of methoxy groups -OCH3 is 3. The van der Waals surface area contributed by atoms with Crippen LogP contribution in [0.2, 0.25) is 0 Å². The van der Waals surface area contributed by atoms with E-state index in [0.29, 0.717) is 35.1 Å². The van der Waals surface area contributed by atoms with Crippen LogP contribution in [0.4, 0.5) is 5.69 Å². The van der Waals surface area contributed by atoms with Crippen molar-refractivity contribution in [1.82, 2.24) is 10.7 Å². The smallest absolute Gasteiger partial charge is 0.329 e. The molecule has 2 rings (SSSR count). The standard InChI is InChI=1S/C22H26N4O7/c1-30-10-9-23-21(28)22(29)26-24-13-15-7-8-18(19(11-15)32-3)33-14-20(27)25-16-5-4-6-17(12-16)31-2/h4-8,11-13H,9-10,14H2,1-3H3,(H,23,28)(H,25,27)(H,26,29)/b24-13-. The summed E-state index contributed by atoms with van der Waals surface area (Å²) in [5, 5.41) is 8.83. The SMILES string of the molecule is COCCNC(=O)C(=O)N/N=C\c1ccc(OCC(=O)Nc2cccc(OC)c2)c(OC)c1. The number of carbonyl (C=O) groups is 3. The largest absolute Gasteiger partial charge is 0.497 e. The topological polar surface area (TPSA) is 137 Å². The third kappa shape index (κ3) is 8.50. The summed E-state index contributed by atoms with van der Waals surface area (Å²) in [5.74, 6) is -0.763. The number of amides is 3. The van der Waals surface area contributed by atoms with Crippen molar-refractivity contribution in [3.63, 3.8) is 0 Å². The fourth-order valence-electron chi connectivity index (χ4n) is 2.49. The molecule has 0 saturated carbocycles. The number of rotatable bonds is 11. The molecule has 0 aliphatic rings. The number of nitrogens with one attached hydrogen (secondary N) is 3. The monoisotopic (exact) mass is 458 g/mol. The van der Waals surface area contributed by atoms with E-state index in [0.717, 1.165) is 0 Å². The first kappa shape index (κ1) is 25.1. The Bertz CT molecular complexity index is 994. The quantitative estimate of drug-likeness (QED) is 0.197. The van der Waals surface area contributed by atoms with Gasteiger partial charge in [0.1, 0.15) is 5.75 Å². The zero-order valence-corrected chi connectivity index (χ0v) is 18.5. The Kier molecular flexibility index (Phi) is 10.2. The number of hydrogen-bond acceptors (Lipinski definition) is 8. The Hall–Kier alpha value is -4.12. The van der Waals surface area contributed by atoms with Crippen LogP contribution < -0.4 is 30.3 Å². The van der Waals surface area contributed by atoms with Gasteiger partial charge in [-0.2, -0.15) is 5.10 Å². The lowest BCUT2D eigenvalue weighted by Crippen LogP contribution is -2.39. The summed E-state index contributed by atoms with van der Waals surface area (Å²) in [5.41, 5.74) is 3.27. The minimum absolute atomic E-state index is 0.211. The molecule has 0 heterocycles. The van der Waals surface area contributed by atoms with Crippen LogP contribution in [0.1, 0.15) is 5.56 Å². The second kappa shape index (κ2) is 13.3. The van der Waals surface area contributed by atoms with E-state index < -0.39 is 11.8 Å². The summed E-state index contributed by atoms with van der Waals surface area (Å²) in [6, 6.07) is 11.8. The molecular weight excluding hydrogens is 432 g/mol. The maximum Gasteiger partial charge on any atom is 0.329 e. The van der Waals surface area contributed by atoms with Gasteiger partial charge in [0, 0.05) is 25.4 Å². The van der Waals surface area contributed by atoms with Crippen LogP contribution in [0.3, 0.4) is 0 Å². The van der Waals surface area contributed by atoms with E-state index >= 15 is 0 Å². The molecule has 0 spiro atoms. The predicted molar refractivity (Wildman–Crippen MR) is 121 cm³/mol. The van der Waals surface area contributed by atoms with Crippen molar-refractivity contribution in [3.05, 3.63) is 48.0 Å². The van der Waals surface area contributed by atoms with Gasteiger partial charge in [-0.15, -0.1) is 0 Å². The van der Waals surface area contributed by atoms with Gasteiger partial charge in [0.25, 0.3) is 5.91 Å². The van der Waals surface area contributed by atoms with Crippen molar-refractivity contribution in [2.24, 2.45) is 5.10 Å². The highest BCUT2D eigenvalue weighted by molar-refractivity contribution is 6.35. The molecule has 33 heavy (non-hydrogen) atoms. The number of hydrogen-bond donors (Lipinski definition) is 3. The van der Waals surface area contributed by atoms with E-state index in [1.807, 2.05) is 0 Å². The van der Waals surface area contributed by atoms with Crippen LogP contribution in [0.25, 0.3) is 0 Å². The zero-order chi connectivity index (χ0) is 24.1. The van der Waals surface area contributed by atoms with Gasteiger partial charge in [-0.25, -0.2) is 5.43 Å². The highest BCUT2D eigenvalue weighted by Crippen LogP contribution is 2.27. The summed E-state index contributed by atoms with van der Waals surface area (Å²) in [7, 11) is 4.48. The highest BCUT2D eigenvalue weighted by atomic mass is 16.5. The van der Waals surface area contributed by atoms with Crippen molar-refractivity contribution < 1.29 is 33.3 Å². The lowest BCUT2D eigenvalue weighted by Gasteiger charge is -2.12. The molecule has 11 nitrogen and oxygen atoms in total. The molecule has 176 valence electrons. The second-order valence-corrected chi connectivity index (χ2v) is 6.43. The molecule has 0 aliphatic carbocycles. The minimum Gasteiger partial charge on any atom is -0.497 e. The molecule has 2 aromatic rings. The Labute approximate surface area is 191 Å². The lowest BCUT2D eigenvalue weighted by molar-refractivity contribution is -0.139. The van der Waals surface area contributed by atoms with Gasteiger partial charge in [0.05, 0.1) is 27.0 Å². The van der Waals surface area contributed by atoms with Crippen LogP contribution in [0.15, 0.2) is 47.6 Å². The maximum atomic E-state index is 12.2. The minimum atomic E-state index is -0.906. The van der Waals surface area contributed by atoms with E-state index in [1.165, 1.54) is 20.4 Å². The molecule has 0 saturated heterocycles. The maximum absolute atomic E-state index is 12.2. The van der Waals surface area contributed by atoms with E-state index in [2.05, 4.69) is 21.2 Å². The molecule has 11 heteroatoms. The molecule has 0 aliphatic heterocycles. The fourth-order valence-corrected chi connectivity index (χ4v) is 2.49. The van der Waals surface area contributed by atoms with Gasteiger partial charge in [-0.1, -0.05) is 6.07 Å². The third-order valence-corrected chi connectivity index (χ3v) is 4.08. The van der Waals surface area contributed by atoms with Crippen molar-refractivity contribution in [2.75, 3.05) is 46.4 Å². The zero-order valence-electron chi connectivity index (χ0n) is 18.5. The molecule has 0 fully saturated rings.